The van der Waals surface area contributed by atoms with Crippen LogP contribution in [-0.2, 0) is 27.1 Å². The van der Waals surface area contributed by atoms with Gasteiger partial charge in [0.2, 0.25) is 0 Å². The highest BCUT2D eigenvalue weighted by atomic mass is 15.1. The van der Waals surface area contributed by atoms with E-state index in [1.54, 1.807) is 0 Å². The molecule has 4 aromatic rings. The van der Waals surface area contributed by atoms with E-state index in [2.05, 4.69) is 171 Å². The minimum atomic E-state index is 0.135. The SMILES string of the molecule is CC(C)(C)c1ccc(Nc2cccc(N(c3ccc4c(c3)C(C)(C)CCC4(C)C)c3ccc4c(c3)C(C)(C)CCC4(C)C)c2)cc1. The van der Waals surface area contributed by atoms with Crippen LogP contribution in [0, 0.1) is 0 Å². The molecule has 46 heavy (non-hydrogen) atoms. The molecule has 1 N–H and O–H groups in total. The Morgan fingerprint density at radius 3 is 1.37 bits per heavy atom. The molecule has 0 saturated heterocycles. The Labute approximate surface area is 279 Å². The second-order valence-corrected chi connectivity index (χ2v) is 17.8. The summed E-state index contributed by atoms with van der Waals surface area (Å²) in [6.45, 7) is 26.1. The first-order valence-corrected chi connectivity index (χ1v) is 17.5. The van der Waals surface area contributed by atoms with Gasteiger partial charge in [-0.15, -0.1) is 0 Å². The topological polar surface area (TPSA) is 15.3 Å². The Balaban J connectivity index is 1.48. The van der Waals surface area contributed by atoms with E-state index in [1.807, 2.05) is 0 Å². The Hall–Kier alpha value is -3.52. The molecule has 2 aliphatic rings. The van der Waals surface area contributed by atoms with Gasteiger partial charge in [0.25, 0.3) is 0 Å². The summed E-state index contributed by atoms with van der Waals surface area (Å²) in [5, 5.41) is 3.70. The van der Waals surface area contributed by atoms with Crippen molar-refractivity contribution >= 4 is 28.4 Å². The fourth-order valence-electron chi connectivity index (χ4n) is 7.82. The maximum atomic E-state index is 3.70. The number of rotatable bonds is 5. The van der Waals surface area contributed by atoms with Crippen LogP contribution in [0.25, 0.3) is 0 Å². The zero-order valence-corrected chi connectivity index (χ0v) is 30.4. The largest absolute Gasteiger partial charge is 0.355 e. The van der Waals surface area contributed by atoms with E-state index in [9.17, 15) is 0 Å². The van der Waals surface area contributed by atoms with Crippen molar-refractivity contribution in [1.29, 1.82) is 0 Å². The van der Waals surface area contributed by atoms with Crippen molar-refractivity contribution < 1.29 is 0 Å². The average molecular weight is 613 g/mol. The van der Waals surface area contributed by atoms with Gasteiger partial charge in [0, 0.05) is 28.4 Å². The Kier molecular flexibility index (Phi) is 7.78. The molecule has 0 spiro atoms. The maximum Gasteiger partial charge on any atom is 0.0482 e. The molecule has 0 amide bonds. The minimum Gasteiger partial charge on any atom is -0.355 e. The third-order valence-corrected chi connectivity index (χ3v) is 11.3. The minimum absolute atomic E-state index is 0.135. The molecular weight excluding hydrogens is 556 g/mol. The fourth-order valence-corrected chi connectivity index (χ4v) is 7.82. The maximum absolute atomic E-state index is 3.70. The van der Waals surface area contributed by atoms with Gasteiger partial charge in [-0.25, -0.2) is 0 Å². The molecule has 0 aromatic heterocycles. The normalized spacial score (nSPS) is 19.1. The molecule has 6 rings (SSSR count). The summed E-state index contributed by atoms with van der Waals surface area (Å²) in [4.78, 5) is 2.49. The molecule has 4 aromatic carbocycles. The smallest absolute Gasteiger partial charge is 0.0482 e. The van der Waals surface area contributed by atoms with Crippen LogP contribution in [0.1, 0.15) is 130 Å². The summed E-state index contributed by atoms with van der Waals surface area (Å²) in [6.07, 6.45) is 4.84. The average Bonchev–Trinajstić information content (AvgIpc) is 2.98. The third kappa shape index (κ3) is 6.01. The van der Waals surface area contributed by atoms with Gasteiger partial charge in [0.1, 0.15) is 0 Å². The van der Waals surface area contributed by atoms with Crippen LogP contribution >= 0.6 is 0 Å². The number of fused-ring (bicyclic) bond motifs is 2. The first-order chi connectivity index (χ1) is 21.4. The lowest BCUT2D eigenvalue weighted by molar-refractivity contribution is 0.332. The molecule has 0 radical (unpaired) electrons. The van der Waals surface area contributed by atoms with Gasteiger partial charge < -0.3 is 10.2 Å². The molecule has 2 heteroatoms. The van der Waals surface area contributed by atoms with Crippen LogP contribution in [-0.4, -0.2) is 0 Å². The van der Waals surface area contributed by atoms with Gasteiger partial charge in [0.05, 0.1) is 0 Å². The van der Waals surface area contributed by atoms with E-state index in [0.717, 1.165) is 17.1 Å². The van der Waals surface area contributed by atoms with Crippen molar-refractivity contribution in [3.63, 3.8) is 0 Å². The van der Waals surface area contributed by atoms with E-state index >= 15 is 0 Å². The highest BCUT2D eigenvalue weighted by molar-refractivity contribution is 5.80. The highest BCUT2D eigenvalue weighted by Crippen LogP contribution is 2.50. The molecule has 2 nitrogen and oxygen atoms in total. The number of nitrogens with one attached hydrogen (secondary N) is 1. The van der Waals surface area contributed by atoms with Gasteiger partial charge in [-0.05, 0) is 135 Å². The van der Waals surface area contributed by atoms with Gasteiger partial charge >= 0.3 is 0 Å². The van der Waals surface area contributed by atoms with Gasteiger partial charge in [-0.2, -0.15) is 0 Å². The first-order valence-electron chi connectivity index (χ1n) is 17.5. The third-order valence-electron chi connectivity index (χ3n) is 11.3. The van der Waals surface area contributed by atoms with Gasteiger partial charge in [0.15, 0.2) is 0 Å². The first kappa shape index (κ1) is 32.4. The van der Waals surface area contributed by atoms with Crippen LogP contribution in [0.4, 0.5) is 28.4 Å². The van der Waals surface area contributed by atoms with Crippen molar-refractivity contribution in [2.24, 2.45) is 0 Å². The van der Waals surface area contributed by atoms with Crippen molar-refractivity contribution in [3.8, 4) is 0 Å². The Morgan fingerprint density at radius 1 is 0.478 bits per heavy atom. The van der Waals surface area contributed by atoms with Crippen molar-refractivity contribution in [2.75, 3.05) is 10.2 Å². The summed E-state index contributed by atoms with van der Waals surface area (Å²) in [6, 6.07) is 32.4. The lowest BCUT2D eigenvalue weighted by Crippen LogP contribution is -2.34. The number of hydrogen-bond donors (Lipinski definition) is 1. The quantitative estimate of drug-likeness (QED) is 0.241. The standard InChI is InChI=1S/C44H56N2/c1-40(2,3)30-15-17-31(18-16-30)45-32-13-12-14-33(27-32)46(34-19-21-36-38(28-34)43(8,9)25-23-41(36,4)5)35-20-22-37-39(29-35)44(10,11)26-24-42(37,6)7/h12-22,27-29,45H,23-26H2,1-11H3. The summed E-state index contributed by atoms with van der Waals surface area (Å²) in [5.74, 6) is 0. The molecule has 0 aliphatic heterocycles. The number of hydrogen-bond acceptors (Lipinski definition) is 2. The summed E-state index contributed by atoms with van der Waals surface area (Å²) < 4.78 is 0. The van der Waals surface area contributed by atoms with E-state index in [0.29, 0.717) is 0 Å². The predicted octanol–water partition coefficient (Wildman–Crippen LogP) is 12.9. The van der Waals surface area contributed by atoms with Crippen molar-refractivity contribution in [3.05, 3.63) is 113 Å². The predicted molar refractivity (Wildman–Crippen MR) is 200 cm³/mol. The summed E-state index contributed by atoms with van der Waals surface area (Å²) >= 11 is 0. The lowest BCUT2D eigenvalue weighted by atomic mass is 9.63. The fraction of sp³-hybridized carbons (Fsp3) is 0.455. The number of anilines is 5. The van der Waals surface area contributed by atoms with E-state index in [-0.39, 0.29) is 27.1 Å². The van der Waals surface area contributed by atoms with E-state index in [1.165, 1.54) is 64.9 Å². The van der Waals surface area contributed by atoms with E-state index < -0.39 is 0 Å². The van der Waals surface area contributed by atoms with E-state index in [4.69, 9.17) is 0 Å². The van der Waals surface area contributed by atoms with Gasteiger partial charge in [-0.1, -0.05) is 106 Å². The second-order valence-electron chi connectivity index (χ2n) is 17.8. The van der Waals surface area contributed by atoms with Gasteiger partial charge in [-0.3, -0.25) is 0 Å². The van der Waals surface area contributed by atoms with Crippen LogP contribution in [0.15, 0.2) is 84.9 Å². The molecule has 0 saturated carbocycles. The van der Waals surface area contributed by atoms with Crippen LogP contribution < -0.4 is 10.2 Å². The highest BCUT2D eigenvalue weighted by Gasteiger charge is 2.39. The molecule has 242 valence electrons. The van der Waals surface area contributed by atoms with Crippen molar-refractivity contribution in [2.45, 2.75) is 129 Å². The lowest BCUT2D eigenvalue weighted by Gasteiger charge is -2.43. The Morgan fingerprint density at radius 2 is 0.913 bits per heavy atom. The molecule has 0 fully saturated rings. The number of nitrogens with zero attached hydrogens (tertiary/aromatic N) is 1. The molecular formula is C44H56N2. The molecule has 0 heterocycles. The zero-order chi connectivity index (χ0) is 33.3. The van der Waals surface area contributed by atoms with Crippen LogP contribution in [0.3, 0.4) is 0 Å². The number of benzene rings is 4. The Bertz CT molecular complexity index is 1660. The summed E-state index contributed by atoms with van der Waals surface area (Å²) in [7, 11) is 0. The molecule has 0 bridgehead atoms. The van der Waals surface area contributed by atoms with Crippen LogP contribution in [0.5, 0.6) is 0 Å². The van der Waals surface area contributed by atoms with Crippen LogP contribution in [0.2, 0.25) is 0 Å². The zero-order valence-electron chi connectivity index (χ0n) is 30.4. The molecule has 0 unspecified atom stereocenters. The molecule has 0 atom stereocenters. The molecule has 2 aliphatic carbocycles. The monoisotopic (exact) mass is 612 g/mol. The van der Waals surface area contributed by atoms with Crippen molar-refractivity contribution in [1.82, 2.24) is 0 Å². The summed E-state index contributed by atoms with van der Waals surface area (Å²) in [5.41, 5.74) is 13.9. The second kappa shape index (κ2) is 11.0.